The summed E-state index contributed by atoms with van der Waals surface area (Å²) in [5.41, 5.74) is 4.56. The van der Waals surface area contributed by atoms with Crippen LogP contribution in [0.25, 0.3) is 0 Å². The summed E-state index contributed by atoms with van der Waals surface area (Å²) in [4.78, 5) is 10.5. The molecule has 1 saturated heterocycles. The van der Waals surface area contributed by atoms with Crippen LogP contribution in [0.15, 0.2) is 53.7 Å². The van der Waals surface area contributed by atoms with Crippen molar-refractivity contribution in [3.63, 3.8) is 0 Å². The van der Waals surface area contributed by atoms with Gasteiger partial charge in [-0.2, -0.15) is 5.10 Å². The van der Waals surface area contributed by atoms with Crippen LogP contribution in [-0.4, -0.2) is 46.9 Å². The Kier molecular flexibility index (Phi) is 6.68. The molecule has 168 valence electrons. The van der Waals surface area contributed by atoms with Crippen molar-refractivity contribution < 1.29 is 4.39 Å². The number of anilines is 1. The fraction of sp³-hybridized carbons (Fsp3) is 0.375. The summed E-state index contributed by atoms with van der Waals surface area (Å²) >= 11 is 0. The Hall–Kier alpha value is -3.42. The first kappa shape index (κ1) is 21.8. The molecule has 1 atom stereocenters. The van der Waals surface area contributed by atoms with Crippen molar-refractivity contribution in [3.05, 3.63) is 77.0 Å². The number of nitrogens with one attached hydrogen (secondary N) is 2. The highest BCUT2D eigenvalue weighted by Crippen LogP contribution is 2.21. The van der Waals surface area contributed by atoms with E-state index < -0.39 is 0 Å². The molecule has 1 aliphatic rings. The van der Waals surface area contributed by atoms with E-state index >= 15 is 0 Å². The third-order valence-electron chi connectivity index (χ3n) is 5.93. The van der Waals surface area contributed by atoms with E-state index in [0.29, 0.717) is 18.9 Å². The molecule has 1 aromatic carbocycles. The molecule has 0 radical (unpaired) electrons. The van der Waals surface area contributed by atoms with Gasteiger partial charge < -0.3 is 15.5 Å². The van der Waals surface area contributed by atoms with E-state index in [0.717, 1.165) is 36.9 Å². The van der Waals surface area contributed by atoms with Gasteiger partial charge in [-0.05, 0) is 38.0 Å². The third kappa shape index (κ3) is 4.90. The maximum Gasteiger partial charge on any atom is 0.191 e. The summed E-state index contributed by atoms with van der Waals surface area (Å²) in [7, 11) is 1.76. The van der Waals surface area contributed by atoms with Gasteiger partial charge in [0.1, 0.15) is 0 Å². The number of pyridine rings is 1. The molecule has 7 nitrogen and oxygen atoms in total. The van der Waals surface area contributed by atoms with Crippen molar-refractivity contribution in [1.29, 1.82) is 0 Å². The van der Waals surface area contributed by atoms with Crippen molar-refractivity contribution in [2.45, 2.75) is 39.4 Å². The van der Waals surface area contributed by atoms with Crippen LogP contribution < -0.4 is 15.5 Å². The van der Waals surface area contributed by atoms with Crippen LogP contribution in [0.5, 0.6) is 0 Å². The second kappa shape index (κ2) is 9.80. The lowest BCUT2D eigenvalue weighted by Crippen LogP contribution is -2.44. The summed E-state index contributed by atoms with van der Waals surface area (Å²) in [6.45, 7) is 6.97. The molecule has 8 heteroatoms. The summed E-state index contributed by atoms with van der Waals surface area (Å²) in [6, 6.07) is 13.6. The average molecular weight is 436 g/mol. The lowest BCUT2D eigenvalue weighted by atomic mass is 10.2. The van der Waals surface area contributed by atoms with Gasteiger partial charge in [0.2, 0.25) is 0 Å². The number of benzene rings is 1. The summed E-state index contributed by atoms with van der Waals surface area (Å²) in [6.07, 6.45) is 2.52. The van der Waals surface area contributed by atoms with E-state index in [-0.39, 0.29) is 11.9 Å². The number of hydrogen-bond acceptors (Lipinski definition) is 4. The number of hydrogen-bond donors (Lipinski definition) is 2. The number of rotatable bonds is 6. The van der Waals surface area contributed by atoms with E-state index in [4.69, 9.17) is 5.10 Å². The molecule has 2 N–H and O–H groups in total. The average Bonchev–Trinajstić information content (AvgIpc) is 3.36. The zero-order valence-electron chi connectivity index (χ0n) is 18.8. The van der Waals surface area contributed by atoms with Gasteiger partial charge in [0.15, 0.2) is 17.6 Å². The molecule has 0 spiro atoms. The van der Waals surface area contributed by atoms with Crippen LogP contribution in [0.1, 0.15) is 28.9 Å². The fourth-order valence-electron chi connectivity index (χ4n) is 4.14. The molecule has 1 fully saturated rings. The molecule has 32 heavy (non-hydrogen) atoms. The zero-order valence-corrected chi connectivity index (χ0v) is 18.8. The second-order valence-corrected chi connectivity index (χ2v) is 8.10. The normalized spacial score (nSPS) is 16.4. The molecule has 4 rings (SSSR count). The van der Waals surface area contributed by atoms with Crippen molar-refractivity contribution in [2.24, 2.45) is 4.99 Å². The molecule has 1 aliphatic heterocycles. The smallest absolute Gasteiger partial charge is 0.191 e. The molecule has 0 bridgehead atoms. The van der Waals surface area contributed by atoms with Crippen LogP contribution in [0.2, 0.25) is 0 Å². The van der Waals surface area contributed by atoms with Gasteiger partial charge in [-0.1, -0.05) is 30.3 Å². The second-order valence-electron chi connectivity index (χ2n) is 8.10. The molecule has 1 unspecified atom stereocenters. The van der Waals surface area contributed by atoms with Crippen LogP contribution in [-0.2, 0) is 13.1 Å². The highest BCUT2D eigenvalue weighted by Gasteiger charge is 2.26. The number of guanidine groups is 1. The van der Waals surface area contributed by atoms with Crippen molar-refractivity contribution in [2.75, 3.05) is 25.0 Å². The molecular weight excluding hydrogens is 405 g/mol. The minimum absolute atomic E-state index is 0.172. The van der Waals surface area contributed by atoms with Gasteiger partial charge in [0.25, 0.3) is 0 Å². The fourth-order valence-corrected chi connectivity index (χ4v) is 4.14. The van der Waals surface area contributed by atoms with E-state index in [2.05, 4.69) is 39.7 Å². The third-order valence-corrected chi connectivity index (χ3v) is 5.93. The van der Waals surface area contributed by atoms with Gasteiger partial charge >= 0.3 is 0 Å². The number of aryl methyl sites for hydroxylation is 1. The van der Waals surface area contributed by atoms with Crippen LogP contribution in [0.4, 0.5) is 10.2 Å². The van der Waals surface area contributed by atoms with Gasteiger partial charge in [0.05, 0.1) is 12.2 Å². The molecule has 0 amide bonds. The van der Waals surface area contributed by atoms with E-state index in [1.165, 1.54) is 17.2 Å². The molecule has 3 aromatic rings. The van der Waals surface area contributed by atoms with Crippen LogP contribution in [0, 0.1) is 19.7 Å². The summed E-state index contributed by atoms with van der Waals surface area (Å²) in [5.74, 6) is 0.860. The standard InChI is InChI=1S/C24H30FN7/c1-17-21(18(2)32(30-17)15-19-8-5-4-6-9-19)14-28-24(26-3)29-20-11-13-31(16-20)23-22(25)10-7-12-27-23/h4-10,12,20H,11,13-16H2,1-3H3,(H2,26,28,29). The number of aliphatic imine (C=N–C) groups is 1. The predicted molar refractivity (Wildman–Crippen MR) is 125 cm³/mol. The minimum atomic E-state index is -0.283. The highest BCUT2D eigenvalue weighted by molar-refractivity contribution is 5.80. The lowest BCUT2D eigenvalue weighted by molar-refractivity contribution is 0.612. The van der Waals surface area contributed by atoms with E-state index in [1.807, 2.05) is 34.7 Å². The number of nitrogens with zero attached hydrogens (tertiary/aromatic N) is 5. The Balaban J connectivity index is 1.35. The lowest BCUT2D eigenvalue weighted by Gasteiger charge is -2.20. The Morgan fingerprint density at radius 1 is 1.19 bits per heavy atom. The SMILES string of the molecule is CN=C(NCc1c(C)nn(Cc2ccccc2)c1C)NC1CCN(c2ncccc2F)C1. The molecule has 0 aliphatic carbocycles. The first-order valence-corrected chi connectivity index (χ1v) is 10.9. The minimum Gasteiger partial charge on any atom is -0.352 e. The van der Waals surface area contributed by atoms with Gasteiger partial charge in [-0.3, -0.25) is 9.67 Å². The van der Waals surface area contributed by atoms with E-state index in [1.54, 1.807) is 19.3 Å². The van der Waals surface area contributed by atoms with E-state index in [9.17, 15) is 4.39 Å². The quantitative estimate of drug-likeness (QED) is 0.460. The molecule has 0 saturated carbocycles. The van der Waals surface area contributed by atoms with Gasteiger partial charge in [-0.15, -0.1) is 0 Å². The Morgan fingerprint density at radius 3 is 2.75 bits per heavy atom. The monoisotopic (exact) mass is 435 g/mol. The topological polar surface area (TPSA) is 70.4 Å². The van der Waals surface area contributed by atoms with Crippen molar-refractivity contribution >= 4 is 11.8 Å². The Morgan fingerprint density at radius 2 is 2.00 bits per heavy atom. The van der Waals surface area contributed by atoms with Crippen LogP contribution in [0.3, 0.4) is 0 Å². The van der Waals surface area contributed by atoms with Gasteiger partial charge in [0, 0.05) is 50.2 Å². The Labute approximate surface area is 188 Å². The summed E-state index contributed by atoms with van der Waals surface area (Å²) < 4.78 is 16.1. The Bertz CT molecular complexity index is 1080. The first-order chi connectivity index (χ1) is 15.5. The van der Waals surface area contributed by atoms with Crippen molar-refractivity contribution in [3.8, 4) is 0 Å². The number of aromatic nitrogens is 3. The van der Waals surface area contributed by atoms with Crippen molar-refractivity contribution in [1.82, 2.24) is 25.4 Å². The largest absolute Gasteiger partial charge is 0.352 e. The maximum absolute atomic E-state index is 14.1. The van der Waals surface area contributed by atoms with Crippen LogP contribution >= 0.6 is 0 Å². The molecule has 2 aromatic heterocycles. The highest BCUT2D eigenvalue weighted by atomic mass is 19.1. The maximum atomic E-state index is 14.1. The molecule has 3 heterocycles. The van der Waals surface area contributed by atoms with Gasteiger partial charge in [-0.25, -0.2) is 9.37 Å². The molecular formula is C24H30FN7. The first-order valence-electron chi connectivity index (χ1n) is 10.9. The summed E-state index contributed by atoms with van der Waals surface area (Å²) in [5, 5.41) is 11.6. The predicted octanol–water partition coefficient (Wildman–Crippen LogP) is 3.03. The zero-order chi connectivity index (χ0) is 22.5. The number of halogens is 1.